The highest BCUT2D eigenvalue weighted by Gasteiger charge is 2.06. The molecule has 4 nitrogen and oxygen atoms in total. The van der Waals surface area contributed by atoms with Crippen LogP contribution in [-0.4, -0.2) is 5.97 Å². The second kappa shape index (κ2) is 9.75. The van der Waals surface area contributed by atoms with Gasteiger partial charge >= 0.3 is 5.97 Å². The summed E-state index contributed by atoms with van der Waals surface area (Å²) in [5.74, 6) is 0.235. The van der Waals surface area contributed by atoms with Crippen molar-refractivity contribution in [3.63, 3.8) is 0 Å². The molecule has 0 heterocycles. The van der Waals surface area contributed by atoms with E-state index in [4.69, 9.17) is 14.7 Å². The van der Waals surface area contributed by atoms with Gasteiger partial charge in [-0.25, -0.2) is 4.79 Å². The molecule has 0 aliphatic heterocycles. The summed E-state index contributed by atoms with van der Waals surface area (Å²) in [5, 5.41) is 9.14. The van der Waals surface area contributed by atoms with Crippen LogP contribution in [0.1, 0.15) is 27.0 Å². The number of hydrogen-bond acceptors (Lipinski definition) is 4. The molecule has 28 heavy (non-hydrogen) atoms. The second-order valence-corrected chi connectivity index (χ2v) is 6.06. The molecule has 138 valence electrons. The Kier molecular flexibility index (Phi) is 6.59. The summed E-state index contributed by atoms with van der Waals surface area (Å²) in [6.07, 6.45) is 3.64. The zero-order valence-electron chi connectivity index (χ0n) is 15.2. The van der Waals surface area contributed by atoms with Gasteiger partial charge in [-0.3, -0.25) is 0 Å². The first kappa shape index (κ1) is 18.9. The number of carbonyl (C=O) groups excluding carboxylic acids is 1. The number of ether oxygens (including phenoxy) is 2. The third-order valence-corrected chi connectivity index (χ3v) is 4.05. The third kappa shape index (κ3) is 5.33. The first-order valence-electron chi connectivity index (χ1n) is 8.87. The number of nitrogens with zero attached hydrogens (tertiary/aromatic N) is 1. The Bertz CT molecular complexity index is 989. The summed E-state index contributed by atoms with van der Waals surface area (Å²) in [5.41, 5.74) is 2.98. The molecule has 0 N–H and O–H groups in total. The van der Waals surface area contributed by atoms with Crippen LogP contribution in [0.2, 0.25) is 0 Å². The molecule has 0 spiro atoms. The van der Waals surface area contributed by atoms with E-state index in [-0.39, 0.29) is 0 Å². The highest BCUT2D eigenvalue weighted by molar-refractivity contribution is 5.89. The molecular formula is C24H19NO3. The van der Waals surface area contributed by atoms with Gasteiger partial charge in [0.15, 0.2) is 0 Å². The zero-order valence-corrected chi connectivity index (χ0v) is 15.2. The van der Waals surface area contributed by atoms with Crippen LogP contribution in [0.4, 0.5) is 0 Å². The fourth-order valence-corrected chi connectivity index (χ4v) is 2.59. The molecule has 0 amide bonds. The van der Waals surface area contributed by atoms with Gasteiger partial charge in [-0.05, 0) is 47.9 Å². The Hall–Kier alpha value is -3.84. The lowest BCUT2D eigenvalue weighted by atomic mass is 10.1. The lowest BCUT2D eigenvalue weighted by Gasteiger charge is -2.11. The number of allylic oxidation sites excluding steroid dienone is 1. The molecule has 0 fully saturated rings. The Morgan fingerprint density at radius 1 is 0.964 bits per heavy atom. The van der Waals surface area contributed by atoms with Gasteiger partial charge in [-0.2, -0.15) is 5.26 Å². The highest BCUT2D eigenvalue weighted by atomic mass is 16.5. The Labute approximate surface area is 164 Å². The molecule has 0 unspecified atom stereocenters. The SMILES string of the molecule is N#Cc1ccc(CC=COC(=O)c2ccccc2)c(OCc2ccccc2)c1. The fraction of sp³-hybridized carbons (Fsp3) is 0.0833. The van der Waals surface area contributed by atoms with Crippen LogP contribution in [-0.2, 0) is 17.8 Å². The van der Waals surface area contributed by atoms with Gasteiger partial charge in [0.25, 0.3) is 0 Å². The van der Waals surface area contributed by atoms with Crippen molar-refractivity contribution in [3.05, 3.63) is 113 Å². The molecule has 0 radical (unpaired) electrons. The number of carbonyl (C=O) groups is 1. The largest absolute Gasteiger partial charge is 0.489 e. The van der Waals surface area contributed by atoms with Crippen LogP contribution in [0.25, 0.3) is 0 Å². The van der Waals surface area contributed by atoms with Crippen LogP contribution < -0.4 is 4.74 Å². The molecule has 0 aliphatic rings. The van der Waals surface area contributed by atoms with Crippen LogP contribution in [0.3, 0.4) is 0 Å². The van der Waals surface area contributed by atoms with Gasteiger partial charge in [0.05, 0.1) is 23.5 Å². The predicted octanol–water partition coefficient (Wildman–Crippen LogP) is 5.05. The van der Waals surface area contributed by atoms with Gasteiger partial charge in [-0.15, -0.1) is 0 Å². The number of hydrogen-bond donors (Lipinski definition) is 0. The highest BCUT2D eigenvalue weighted by Crippen LogP contribution is 2.22. The summed E-state index contributed by atoms with van der Waals surface area (Å²) in [7, 11) is 0. The number of nitriles is 1. The molecular weight excluding hydrogens is 350 g/mol. The Morgan fingerprint density at radius 2 is 1.68 bits per heavy atom. The van der Waals surface area contributed by atoms with Crippen molar-refractivity contribution in [2.24, 2.45) is 0 Å². The van der Waals surface area contributed by atoms with E-state index in [2.05, 4.69) is 6.07 Å². The number of rotatable bonds is 7. The van der Waals surface area contributed by atoms with Crippen molar-refractivity contribution >= 4 is 5.97 Å². The summed E-state index contributed by atoms with van der Waals surface area (Å²) in [6, 6.07) is 26.1. The lowest BCUT2D eigenvalue weighted by Crippen LogP contribution is -2.00. The maximum atomic E-state index is 11.9. The molecule has 3 aromatic rings. The lowest BCUT2D eigenvalue weighted by molar-refractivity contribution is 0.0662. The summed E-state index contributed by atoms with van der Waals surface area (Å²) >= 11 is 0. The average Bonchev–Trinajstić information content (AvgIpc) is 2.76. The van der Waals surface area contributed by atoms with Crippen molar-refractivity contribution in [1.82, 2.24) is 0 Å². The quantitative estimate of drug-likeness (QED) is 0.432. The molecule has 0 aromatic heterocycles. The minimum absolute atomic E-state index is 0.405. The normalized spacial score (nSPS) is 10.4. The van der Waals surface area contributed by atoms with E-state index in [0.717, 1.165) is 11.1 Å². The van der Waals surface area contributed by atoms with Crippen LogP contribution in [0.15, 0.2) is 91.2 Å². The van der Waals surface area contributed by atoms with E-state index >= 15 is 0 Å². The second-order valence-electron chi connectivity index (χ2n) is 6.06. The molecule has 3 rings (SSSR count). The monoisotopic (exact) mass is 369 g/mol. The first-order valence-corrected chi connectivity index (χ1v) is 8.87. The van der Waals surface area contributed by atoms with Crippen molar-refractivity contribution in [3.8, 4) is 11.8 Å². The molecule has 0 bridgehead atoms. The molecule has 0 saturated heterocycles. The predicted molar refractivity (Wildman–Crippen MR) is 107 cm³/mol. The van der Waals surface area contributed by atoms with Crippen LogP contribution in [0.5, 0.6) is 5.75 Å². The Morgan fingerprint density at radius 3 is 2.39 bits per heavy atom. The van der Waals surface area contributed by atoms with Gasteiger partial charge in [0.2, 0.25) is 0 Å². The maximum Gasteiger partial charge on any atom is 0.342 e. The van der Waals surface area contributed by atoms with E-state index in [1.807, 2.05) is 42.5 Å². The van der Waals surface area contributed by atoms with Crippen molar-refractivity contribution in [1.29, 1.82) is 5.26 Å². The van der Waals surface area contributed by atoms with Gasteiger partial charge < -0.3 is 9.47 Å². The van der Waals surface area contributed by atoms with Crippen molar-refractivity contribution < 1.29 is 14.3 Å². The smallest absolute Gasteiger partial charge is 0.342 e. The van der Waals surface area contributed by atoms with E-state index in [0.29, 0.717) is 29.9 Å². The molecule has 3 aromatic carbocycles. The first-order chi connectivity index (χ1) is 13.8. The third-order valence-electron chi connectivity index (χ3n) is 4.05. The minimum Gasteiger partial charge on any atom is -0.489 e. The Balaban J connectivity index is 1.64. The summed E-state index contributed by atoms with van der Waals surface area (Å²) < 4.78 is 11.1. The maximum absolute atomic E-state index is 11.9. The van der Waals surface area contributed by atoms with Gasteiger partial charge in [-0.1, -0.05) is 54.6 Å². The van der Waals surface area contributed by atoms with E-state index in [1.165, 1.54) is 6.26 Å². The molecule has 4 heteroatoms. The van der Waals surface area contributed by atoms with E-state index < -0.39 is 5.97 Å². The van der Waals surface area contributed by atoms with E-state index in [1.54, 1.807) is 42.5 Å². The van der Waals surface area contributed by atoms with Gasteiger partial charge in [0, 0.05) is 0 Å². The fourth-order valence-electron chi connectivity index (χ4n) is 2.59. The molecule has 0 aliphatic carbocycles. The molecule has 0 saturated carbocycles. The topological polar surface area (TPSA) is 59.3 Å². The minimum atomic E-state index is -0.405. The van der Waals surface area contributed by atoms with E-state index in [9.17, 15) is 4.79 Å². The summed E-state index contributed by atoms with van der Waals surface area (Å²) in [6.45, 7) is 0.412. The standard InChI is InChI=1S/C24H19NO3/c25-17-20-13-14-21(23(16-20)28-18-19-8-3-1-4-9-19)12-7-15-27-24(26)22-10-5-2-6-11-22/h1-11,13-16H,12,18H2. The van der Waals surface area contributed by atoms with Crippen molar-refractivity contribution in [2.45, 2.75) is 13.0 Å². The van der Waals surface area contributed by atoms with Gasteiger partial charge in [0.1, 0.15) is 12.4 Å². The van der Waals surface area contributed by atoms with Crippen LogP contribution >= 0.6 is 0 Å². The summed E-state index contributed by atoms with van der Waals surface area (Å²) in [4.78, 5) is 11.9. The van der Waals surface area contributed by atoms with Crippen molar-refractivity contribution in [2.75, 3.05) is 0 Å². The number of benzene rings is 3. The average molecular weight is 369 g/mol. The zero-order chi connectivity index (χ0) is 19.6. The van der Waals surface area contributed by atoms with Crippen LogP contribution in [0, 0.1) is 11.3 Å². The molecule has 0 atom stereocenters. The number of esters is 1.